The lowest BCUT2D eigenvalue weighted by Crippen LogP contribution is -2.52. The van der Waals surface area contributed by atoms with E-state index in [1.54, 1.807) is 0 Å². The highest BCUT2D eigenvalue weighted by molar-refractivity contribution is 5.95. The van der Waals surface area contributed by atoms with Gasteiger partial charge in [0.1, 0.15) is 0 Å². The average Bonchev–Trinajstić information content (AvgIpc) is 2.55. The number of unbranched alkanes of at least 4 members (excludes halogenated alkanes) is 1. The third-order valence-corrected chi connectivity index (χ3v) is 4.47. The summed E-state index contributed by atoms with van der Waals surface area (Å²) >= 11 is 0. The second-order valence-electron chi connectivity index (χ2n) is 6.03. The minimum absolute atomic E-state index is 0.112. The van der Waals surface area contributed by atoms with Crippen LogP contribution in [0.4, 0.5) is 0 Å². The normalized spacial score (nSPS) is 21.9. The van der Waals surface area contributed by atoms with Crippen LogP contribution in [0.5, 0.6) is 0 Å². The van der Waals surface area contributed by atoms with Crippen molar-refractivity contribution in [3.05, 3.63) is 24.3 Å². The van der Waals surface area contributed by atoms with Crippen molar-refractivity contribution in [3.63, 3.8) is 0 Å². The Balaban J connectivity index is 1.77. The van der Waals surface area contributed by atoms with E-state index in [9.17, 15) is 4.79 Å². The first kappa shape index (κ1) is 16.2. The summed E-state index contributed by atoms with van der Waals surface area (Å²) in [6.45, 7) is 12.3. The summed E-state index contributed by atoms with van der Waals surface area (Å²) in [6.07, 6.45) is 8.24. The third kappa shape index (κ3) is 4.68. The molecule has 21 heavy (non-hydrogen) atoms. The summed E-state index contributed by atoms with van der Waals surface area (Å²) in [5, 5.41) is 3.39. The summed E-state index contributed by atoms with van der Waals surface area (Å²) in [5.41, 5.74) is 0.629. The molecule has 0 aliphatic carbocycles. The molecule has 0 aromatic carbocycles. The van der Waals surface area contributed by atoms with Gasteiger partial charge in [-0.1, -0.05) is 32.1 Å². The van der Waals surface area contributed by atoms with Crippen molar-refractivity contribution in [2.45, 2.75) is 38.6 Å². The molecule has 4 nitrogen and oxygen atoms in total. The van der Waals surface area contributed by atoms with Crippen LogP contribution in [0.25, 0.3) is 0 Å². The zero-order valence-corrected chi connectivity index (χ0v) is 13.3. The molecule has 0 aromatic heterocycles. The first-order chi connectivity index (χ1) is 10.2. The third-order valence-electron chi connectivity index (χ3n) is 4.47. The predicted octanol–water partition coefficient (Wildman–Crippen LogP) is 1.80. The highest BCUT2D eigenvalue weighted by Crippen LogP contribution is 2.18. The molecule has 2 fully saturated rings. The number of carbonyl (C=O) groups is 1. The molecule has 0 aromatic rings. The minimum Gasteiger partial charge on any atom is -0.339 e. The molecule has 2 heterocycles. The van der Waals surface area contributed by atoms with E-state index in [0.29, 0.717) is 11.6 Å². The molecule has 0 radical (unpaired) electrons. The van der Waals surface area contributed by atoms with Crippen LogP contribution in [0.2, 0.25) is 0 Å². The smallest absolute Gasteiger partial charge is 0.253 e. The van der Waals surface area contributed by atoms with Crippen LogP contribution in [0.1, 0.15) is 32.6 Å². The number of piperidine rings is 1. The van der Waals surface area contributed by atoms with E-state index in [0.717, 1.165) is 65.0 Å². The Hall–Kier alpha value is -1.13. The van der Waals surface area contributed by atoms with Crippen LogP contribution in [0.3, 0.4) is 0 Å². The Labute approximate surface area is 128 Å². The molecular weight excluding hydrogens is 262 g/mol. The van der Waals surface area contributed by atoms with E-state index >= 15 is 0 Å². The molecule has 4 heteroatoms. The van der Waals surface area contributed by atoms with Gasteiger partial charge in [0.2, 0.25) is 0 Å². The van der Waals surface area contributed by atoms with Gasteiger partial charge in [0.25, 0.3) is 5.91 Å². The maximum Gasteiger partial charge on any atom is 0.253 e. The number of likely N-dealkylation sites (tertiary alicyclic amines) is 1. The molecule has 2 aliphatic heterocycles. The molecule has 0 bridgehead atoms. The van der Waals surface area contributed by atoms with Crippen molar-refractivity contribution >= 4 is 5.91 Å². The topological polar surface area (TPSA) is 35.6 Å². The van der Waals surface area contributed by atoms with Gasteiger partial charge in [-0.3, -0.25) is 9.69 Å². The van der Waals surface area contributed by atoms with E-state index in [1.165, 1.54) is 0 Å². The summed E-state index contributed by atoms with van der Waals surface area (Å²) in [4.78, 5) is 16.9. The summed E-state index contributed by atoms with van der Waals surface area (Å²) in [6, 6.07) is 0.653. The lowest BCUT2D eigenvalue weighted by molar-refractivity contribution is -0.128. The summed E-state index contributed by atoms with van der Waals surface area (Å²) < 4.78 is 0. The second-order valence-corrected chi connectivity index (χ2v) is 6.03. The van der Waals surface area contributed by atoms with E-state index in [1.807, 2.05) is 17.1 Å². The molecule has 118 valence electrons. The lowest BCUT2D eigenvalue weighted by Gasteiger charge is -2.40. The van der Waals surface area contributed by atoms with Gasteiger partial charge in [-0.2, -0.15) is 0 Å². The first-order valence-corrected chi connectivity index (χ1v) is 8.32. The highest BCUT2D eigenvalue weighted by Gasteiger charge is 2.27. The number of carbonyl (C=O) groups excluding carboxylic acids is 1. The zero-order valence-electron chi connectivity index (χ0n) is 13.3. The predicted molar refractivity (Wildman–Crippen MR) is 87.2 cm³/mol. The molecule has 0 saturated carbocycles. The van der Waals surface area contributed by atoms with Gasteiger partial charge in [0.15, 0.2) is 0 Å². The number of amides is 1. The Morgan fingerprint density at radius 3 is 2.52 bits per heavy atom. The van der Waals surface area contributed by atoms with Crippen LogP contribution in [-0.4, -0.2) is 61.0 Å². The van der Waals surface area contributed by atoms with E-state index in [-0.39, 0.29) is 5.91 Å². The van der Waals surface area contributed by atoms with E-state index in [4.69, 9.17) is 0 Å². The van der Waals surface area contributed by atoms with Crippen LogP contribution in [-0.2, 0) is 4.79 Å². The molecule has 2 rings (SSSR count). The minimum atomic E-state index is 0.112. The fourth-order valence-electron chi connectivity index (χ4n) is 3.15. The Morgan fingerprint density at radius 2 is 1.90 bits per heavy atom. The standard InChI is InChI=1S/C17H29N3O/c1-3-4-5-6-15(2)17(21)20-11-7-16(8-12-20)19-13-9-18-10-14-19/h5-6,16,18H,2-4,7-14H2,1H3. The van der Waals surface area contributed by atoms with Gasteiger partial charge in [-0.05, 0) is 19.3 Å². The quantitative estimate of drug-likeness (QED) is 0.620. The Bertz CT molecular complexity index is 377. The van der Waals surface area contributed by atoms with Crippen LogP contribution < -0.4 is 5.32 Å². The van der Waals surface area contributed by atoms with Crippen LogP contribution in [0.15, 0.2) is 24.3 Å². The van der Waals surface area contributed by atoms with Crippen molar-refractivity contribution < 1.29 is 4.79 Å². The summed E-state index contributed by atoms with van der Waals surface area (Å²) in [5.74, 6) is 0.112. The molecule has 0 unspecified atom stereocenters. The van der Waals surface area contributed by atoms with Crippen molar-refractivity contribution in [2.24, 2.45) is 0 Å². The Kier molecular flexibility index (Phi) is 6.46. The second kappa shape index (κ2) is 8.35. The fourth-order valence-corrected chi connectivity index (χ4v) is 3.15. The largest absolute Gasteiger partial charge is 0.339 e. The molecule has 1 N–H and O–H groups in total. The van der Waals surface area contributed by atoms with Crippen molar-refractivity contribution in [1.29, 1.82) is 0 Å². The summed E-state index contributed by atoms with van der Waals surface area (Å²) in [7, 11) is 0. The molecule has 2 saturated heterocycles. The number of hydrogen-bond acceptors (Lipinski definition) is 3. The van der Waals surface area contributed by atoms with Gasteiger partial charge in [0, 0.05) is 50.9 Å². The average molecular weight is 291 g/mol. The van der Waals surface area contributed by atoms with Gasteiger partial charge in [0.05, 0.1) is 0 Å². The van der Waals surface area contributed by atoms with Gasteiger partial charge < -0.3 is 10.2 Å². The molecule has 0 spiro atoms. The van der Waals surface area contributed by atoms with Crippen molar-refractivity contribution in [2.75, 3.05) is 39.3 Å². The molecule has 2 aliphatic rings. The van der Waals surface area contributed by atoms with Crippen molar-refractivity contribution in [1.82, 2.24) is 15.1 Å². The maximum atomic E-state index is 12.3. The maximum absolute atomic E-state index is 12.3. The first-order valence-electron chi connectivity index (χ1n) is 8.32. The highest BCUT2D eigenvalue weighted by atomic mass is 16.2. The van der Waals surface area contributed by atoms with Gasteiger partial charge in [-0.15, -0.1) is 0 Å². The number of piperazine rings is 1. The monoisotopic (exact) mass is 291 g/mol. The SMILES string of the molecule is C=C(C=CCCC)C(=O)N1CCC(N2CCNCC2)CC1. The van der Waals surface area contributed by atoms with E-state index < -0.39 is 0 Å². The number of nitrogens with zero attached hydrogens (tertiary/aromatic N) is 2. The fraction of sp³-hybridized carbons (Fsp3) is 0.706. The number of allylic oxidation sites excluding steroid dienone is 1. The molecule has 0 atom stereocenters. The molecule has 1 amide bonds. The van der Waals surface area contributed by atoms with Gasteiger partial charge >= 0.3 is 0 Å². The number of hydrogen-bond donors (Lipinski definition) is 1. The van der Waals surface area contributed by atoms with Crippen LogP contribution >= 0.6 is 0 Å². The zero-order chi connectivity index (χ0) is 15.1. The van der Waals surface area contributed by atoms with Crippen LogP contribution in [0, 0.1) is 0 Å². The molecular formula is C17H29N3O. The number of nitrogens with one attached hydrogen (secondary N) is 1. The van der Waals surface area contributed by atoms with Gasteiger partial charge in [-0.25, -0.2) is 0 Å². The van der Waals surface area contributed by atoms with E-state index in [2.05, 4.69) is 23.7 Å². The van der Waals surface area contributed by atoms with Crippen molar-refractivity contribution in [3.8, 4) is 0 Å². The Morgan fingerprint density at radius 1 is 1.24 bits per heavy atom. The lowest BCUT2D eigenvalue weighted by atomic mass is 10.0. The number of rotatable bonds is 5.